The zero-order valence-corrected chi connectivity index (χ0v) is 39.0. The Bertz CT molecular complexity index is 3820. The summed E-state index contributed by atoms with van der Waals surface area (Å²) < 4.78 is 0. The van der Waals surface area contributed by atoms with Crippen LogP contribution in [0, 0.1) is 0 Å². The van der Waals surface area contributed by atoms with Gasteiger partial charge in [0.25, 0.3) is 0 Å². The van der Waals surface area contributed by atoms with E-state index in [9.17, 15) is 0 Å². The van der Waals surface area contributed by atoms with Crippen LogP contribution in [0.25, 0.3) is 65.7 Å². The number of hydrogen-bond donors (Lipinski definition) is 0. The highest BCUT2D eigenvalue weighted by molar-refractivity contribution is 6.23. The number of para-hydroxylation sites is 4. The number of fused-ring (bicyclic) bond motifs is 10. The van der Waals surface area contributed by atoms with E-state index in [0.29, 0.717) is 0 Å². The van der Waals surface area contributed by atoms with E-state index in [4.69, 9.17) is 0 Å². The van der Waals surface area contributed by atoms with Crippen LogP contribution in [0.15, 0.2) is 218 Å². The molecule has 0 saturated heterocycles. The van der Waals surface area contributed by atoms with Crippen LogP contribution in [0.1, 0.15) is 47.2 Å². The number of anilines is 6. The summed E-state index contributed by atoms with van der Waals surface area (Å²) in [7, 11) is 0. The summed E-state index contributed by atoms with van der Waals surface area (Å²) in [5, 5.41) is 7.47. The van der Waals surface area contributed by atoms with Gasteiger partial charge < -0.3 is 9.80 Å². The van der Waals surface area contributed by atoms with Crippen LogP contribution in [-0.4, -0.2) is 0 Å². The van der Waals surface area contributed by atoms with Crippen LogP contribution in [0.3, 0.4) is 0 Å². The van der Waals surface area contributed by atoms with Crippen LogP contribution < -0.4 is 9.80 Å². The van der Waals surface area contributed by atoms with Crippen molar-refractivity contribution in [2.75, 3.05) is 9.80 Å². The molecule has 0 atom stereocenters. The highest BCUT2D eigenvalue weighted by Crippen LogP contribution is 2.56. The summed E-state index contributed by atoms with van der Waals surface area (Å²) in [4.78, 5) is 5.07. The minimum Gasteiger partial charge on any atom is -0.310 e. The van der Waals surface area contributed by atoms with E-state index in [-0.39, 0.29) is 5.41 Å². The molecule has 0 fully saturated rings. The van der Waals surface area contributed by atoms with Gasteiger partial charge >= 0.3 is 0 Å². The molecule has 328 valence electrons. The average Bonchev–Trinajstić information content (AvgIpc) is 3.50. The van der Waals surface area contributed by atoms with Gasteiger partial charge in [-0.2, -0.15) is 0 Å². The van der Waals surface area contributed by atoms with Gasteiger partial charge in [0.15, 0.2) is 0 Å². The fourth-order valence-corrected chi connectivity index (χ4v) is 12.6. The molecule has 0 radical (unpaired) electrons. The van der Waals surface area contributed by atoms with E-state index >= 15 is 0 Å². The van der Waals surface area contributed by atoms with E-state index in [1.807, 2.05) is 0 Å². The van der Waals surface area contributed by atoms with Gasteiger partial charge in [-0.05, 0) is 179 Å². The monoisotopic (exact) mass is 882 g/mol. The molecule has 0 bridgehead atoms. The first-order valence-electron chi connectivity index (χ1n) is 24.7. The average molecular weight is 883 g/mol. The molecule has 11 aromatic rings. The summed E-state index contributed by atoms with van der Waals surface area (Å²) in [5.41, 5.74) is 23.1. The van der Waals surface area contributed by atoms with Gasteiger partial charge in [-0.25, -0.2) is 0 Å². The lowest BCUT2D eigenvalue weighted by Crippen LogP contribution is -2.16. The van der Waals surface area contributed by atoms with Crippen molar-refractivity contribution >= 4 is 66.4 Å². The first-order chi connectivity index (χ1) is 34.0. The lowest BCUT2D eigenvalue weighted by Gasteiger charge is -2.30. The second-order valence-corrected chi connectivity index (χ2v) is 19.9. The Hall–Kier alpha value is -8.20. The van der Waals surface area contributed by atoms with Crippen molar-refractivity contribution in [3.63, 3.8) is 0 Å². The Morgan fingerprint density at radius 1 is 0.333 bits per heavy atom. The molecule has 2 aliphatic heterocycles. The van der Waals surface area contributed by atoms with Crippen molar-refractivity contribution in [2.24, 2.45) is 0 Å². The minimum atomic E-state index is -0.224. The van der Waals surface area contributed by atoms with Crippen molar-refractivity contribution in [3.8, 4) is 33.4 Å². The molecule has 2 heterocycles. The van der Waals surface area contributed by atoms with Crippen LogP contribution in [-0.2, 0) is 31.1 Å². The maximum Gasteiger partial charge on any atom is 0.0493 e. The van der Waals surface area contributed by atoms with Gasteiger partial charge in [-0.3, -0.25) is 0 Å². The third-order valence-electron chi connectivity index (χ3n) is 15.7. The highest BCUT2D eigenvalue weighted by Gasteiger charge is 2.38. The zero-order valence-electron chi connectivity index (χ0n) is 39.0. The lowest BCUT2D eigenvalue weighted by molar-refractivity contribution is 0.662. The molecule has 0 N–H and O–H groups in total. The SMILES string of the molecule is CC1(C)c2ccccc2-c2cccc(-c3c4ccc(N5c6ccccc6CCc6ccccc65)cc4c(-c4ccc5ccccc5c4)c4ccc(N5c6ccccc6CCc6ccccc65)cc34)c21. The molecule has 11 aromatic carbocycles. The van der Waals surface area contributed by atoms with Crippen molar-refractivity contribution in [1.82, 2.24) is 0 Å². The first-order valence-corrected chi connectivity index (χ1v) is 24.7. The van der Waals surface area contributed by atoms with Gasteiger partial charge in [0.2, 0.25) is 0 Å². The standard InChI is InChI=1S/C67H50N2/c1-67(2)59-25-10-9-22-52(59)55-23-15-24-56(66(55)67)65-54-39-37-50(68-60-26-11-5-17-44(60)31-32-45-18-6-12-27-61(45)68)41-57(54)64(49-35-30-43-16-3-4-21-48(43)40-49)53-38-36-51(42-58(53)65)69-62-28-13-7-19-46(62)33-34-47-20-8-14-29-63(47)69/h3-30,35-42H,31-34H2,1-2H3. The topological polar surface area (TPSA) is 6.48 Å². The maximum absolute atomic E-state index is 2.54. The third kappa shape index (κ3) is 6.11. The molecular formula is C67H50N2. The lowest BCUT2D eigenvalue weighted by atomic mass is 9.76. The summed E-state index contributed by atoms with van der Waals surface area (Å²) in [5.74, 6) is 0. The molecule has 0 saturated carbocycles. The van der Waals surface area contributed by atoms with Gasteiger partial charge in [0, 0.05) is 39.5 Å². The molecular weight excluding hydrogens is 833 g/mol. The fourth-order valence-electron chi connectivity index (χ4n) is 12.6. The molecule has 0 amide bonds. The summed E-state index contributed by atoms with van der Waals surface area (Å²) in [6, 6.07) is 82.8. The van der Waals surface area contributed by atoms with Crippen molar-refractivity contribution < 1.29 is 0 Å². The van der Waals surface area contributed by atoms with Crippen LogP contribution in [0.2, 0.25) is 0 Å². The summed E-state index contributed by atoms with van der Waals surface area (Å²) in [6.07, 6.45) is 4.00. The van der Waals surface area contributed by atoms with Crippen molar-refractivity contribution in [1.29, 1.82) is 0 Å². The summed E-state index contributed by atoms with van der Waals surface area (Å²) in [6.45, 7) is 4.86. The van der Waals surface area contributed by atoms with Gasteiger partial charge in [-0.15, -0.1) is 0 Å². The minimum absolute atomic E-state index is 0.224. The van der Waals surface area contributed by atoms with Crippen LogP contribution in [0.4, 0.5) is 34.1 Å². The second-order valence-electron chi connectivity index (χ2n) is 19.9. The highest BCUT2D eigenvalue weighted by atomic mass is 15.2. The van der Waals surface area contributed by atoms with Crippen LogP contribution >= 0.6 is 0 Å². The first kappa shape index (κ1) is 39.9. The number of rotatable bonds is 4. The molecule has 69 heavy (non-hydrogen) atoms. The Morgan fingerprint density at radius 2 is 0.783 bits per heavy atom. The third-order valence-corrected chi connectivity index (χ3v) is 15.7. The molecule has 2 nitrogen and oxygen atoms in total. The Kier molecular flexibility index (Phi) is 8.92. The van der Waals surface area contributed by atoms with Gasteiger partial charge in [-0.1, -0.05) is 178 Å². The van der Waals surface area contributed by atoms with Crippen LogP contribution in [0.5, 0.6) is 0 Å². The molecule has 0 unspecified atom stereocenters. The number of aryl methyl sites for hydroxylation is 4. The van der Waals surface area contributed by atoms with E-state index in [1.54, 1.807) is 0 Å². The zero-order chi connectivity index (χ0) is 45.8. The Morgan fingerprint density at radius 3 is 1.36 bits per heavy atom. The number of nitrogens with zero attached hydrogens (tertiary/aromatic N) is 2. The summed E-state index contributed by atoms with van der Waals surface area (Å²) >= 11 is 0. The molecule has 0 aromatic heterocycles. The fraction of sp³-hybridized carbons (Fsp3) is 0.104. The van der Waals surface area contributed by atoms with E-state index < -0.39 is 0 Å². The van der Waals surface area contributed by atoms with Crippen molar-refractivity contribution in [2.45, 2.75) is 44.9 Å². The largest absolute Gasteiger partial charge is 0.310 e. The Labute approximate surface area is 404 Å². The normalized spacial score (nSPS) is 14.3. The second kappa shape index (κ2) is 15.4. The molecule has 14 rings (SSSR count). The van der Waals surface area contributed by atoms with E-state index in [1.165, 1.54) is 128 Å². The smallest absolute Gasteiger partial charge is 0.0493 e. The quantitative estimate of drug-likeness (QED) is 0.163. The van der Waals surface area contributed by atoms with Gasteiger partial charge in [0.05, 0.1) is 0 Å². The predicted molar refractivity (Wildman–Crippen MR) is 292 cm³/mol. The molecule has 3 aliphatic rings. The molecule has 1 aliphatic carbocycles. The Balaban J connectivity index is 1.13. The van der Waals surface area contributed by atoms with Gasteiger partial charge in [0.1, 0.15) is 0 Å². The maximum atomic E-state index is 2.54. The van der Waals surface area contributed by atoms with Crippen molar-refractivity contribution in [3.05, 3.63) is 252 Å². The molecule has 2 heteroatoms. The molecule has 0 spiro atoms. The van der Waals surface area contributed by atoms with E-state index in [2.05, 4.69) is 242 Å². The number of hydrogen-bond acceptors (Lipinski definition) is 2. The number of benzene rings is 11. The van der Waals surface area contributed by atoms with E-state index in [0.717, 1.165) is 31.4 Å². The predicted octanol–water partition coefficient (Wildman–Crippen LogP) is 17.9.